The van der Waals surface area contributed by atoms with E-state index in [1.54, 1.807) is 0 Å². The highest BCUT2D eigenvalue weighted by atomic mass is 32.2. The summed E-state index contributed by atoms with van der Waals surface area (Å²) >= 11 is 1.12. The maximum Gasteiger partial charge on any atom is 0.321 e. The normalized spacial score (nSPS) is 20.0. The van der Waals surface area contributed by atoms with Crippen molar-refractivity contribution in [2.75, 3.05) is 25.6 Å². The van der Waals surface area contributed by atoms with Gasteiger partial charge in [-0.3, -0.25) is 4.79 Å². The molecule has 1 aliphatic carbocycles. The van der Waals surface area contributed by atoms with Gasteiger partial charge in [-0.2, -0.15) is 0 Å². The zero-order valence-electron chi connectivity index (χ0n) is 20.0. The van der Waals surface area contributed by atoms with Crippen LogP contribution in [0.3, 0.4) is 0 Å². The second-order valence-corrected chi connectivity index (χ2v) is 11.3. The molecule has 2 unspecified atom stereocenters. The number of aliphatic hydroxyl groups excluding tert-OH is 1. The maximum atomic E-state index is 12.9. The van der Waals surface area contributed by atoms with Crippen LogP contribution >= 0.6 is 12.0 Å². The summed E-state index contributed by atoms with van der Waals surface area (Å²) in [6.45, 7) is 13.4. The van der Waals surface area contributed by atoms with Gasteiger partial charge in [0.1, 0.15) is 5.75 Å². The first-order valence-corrected chi connectivity index (χ1v) is 12.3. The molecule has 176 valence electrons. The number of rotatable bonds is 8. The number of aliphatic hydroxyl groups is 1. The Balaban J connectivity index is 2.26. The summed E-state index contributed by atoms with van der Waals surface area (Å²) in [5.74, 6) is 0.668. The van der Waals surface area contributed by atoms with Crippen molar-refractivity contribution in [2.45, 2.75) is 84.0 Å². The first kappa shape index (κ1) is 26.0. The van der Waals surface area contributed by atoms with Gasteiger partial charge >= 0.3 is 5.97 Å². The number of benzene rings is 1. The lowest BCUT2D eigenvalue weighted by Gasteiger charge is -2.33. The molecule has 0 radical (unpaired) electrons. The third-order valence-electron chi connectivity index (χ3n) is 5.93. The van der Waals surface area contributed by atoms with E-state index in [0.29, 0.717) is 24.7 Å². The minimum Gasteiger partial charge on any atom is -0.507 e. The molecule has 0 spiro atoms. The number of carbonyl (C=O) groups excluding carboxylic acids is 1. The molecular weight excluding hydrogens is 412 g/mol. The maximum absolute atomic E-state index is 12.9. The second-order valence-electron chi connectivity index (χ2n) is 10.5. The number of ether oxygens (including phenoxy) is 1. The van der Waals surface area contributed by atoms with E-state index < -0.39 is 0 Å². The first-order valence-electron chi connectivity index (χ1n) is 11.4. The molecule has 31 heavy (non-hydrogen) atoms. The molecular formula is C25H40O5S. The lowest BCUT2D eigenvalue weighted by molar-refractivity contribution is -0.139. The number of carbonyl (C=O) groups is 1. The van der Waals surface area contributed by atoms with Gasteiger partial charge in [-0.15, -0.1) is 0 Å². The Morgan fingerprint density at radius 2 is 1.61 bits per heavy atom. The molecule has 6 heteroatoms. The molecule has 0 heterocycles. The second kappa shape index (κ2) is 11.1. The van der Waals surface area contributed by atoms with Gasteiger partial charge in [0, 0.05) is 0 Å². The molecule has 0 aromatic heterocycles. The number of phenolic OH excluding ortho intramolecular Hbond substituents is 1. The number of hydrogen-bond acceptors (Lipinski definition) is 6. The molecule has 1 aliphatic rings. The predicted octanol–water partition coefficient (Wildman–Crippen LogP) is 5.46. The molecule has 1 saturated carbocycles. The Labute approximate surface area is 192 Å². The number of hydrogen-bond donors (Lipinski definition) is 2. The van der Waals surface area contributed by atoms with E-state index in [9.17, 15) is 9.90 Å². The van der Waals surface area contributed by atoms with Gasteiger partial charge in [-0.05, 0) is 46.3 Å². The fourth-order valence-electron chi connectivity index (χ4n) is 4.25. The average molecular weight is 453 g/mol. The summed E-state index contributed by atoms with van der Waals surface area (Å²) in [6, 6.07) is 4.22. The minimum atomic E-state index is -0.199. The first-order chi connectivity index (χ1) is 14.5. The zero-order chi connectivity index (χ0) is 23.2. The van der Waals surface area contributed by atoms with Crippen molar-refractivity contribution < 1.29 is 23.9 Å². The fraction of sp³-hybridized carbons (Fsp3) is 0.720. The summed E-state index contributed by atoms with van der Waals surface area (Å²) in [6.07, 6.45) is 3.88. The molecule has 2 rings (SSSR count). The smallest absolute Gasteiger partial charge is 0.321 e. The van der Waals surface area contributed by atoms with Crippen LogP contribution in [-0.4, -0.2) is 41.8 Å². The molecule has 2 N–H and O–H groups in total. The Kier molecular flexibility index (Phi) is 9.28. The van der Waals surface area contributed by atoms with Crippen LogP contribution < -0.4 is 0 Å². The van der Waals surface area contributed by atoms with Gasteiger partial charge in [0.2, 0.25) is 0 Å². The Bertz CT molecular complexity index is 697. The lowest BCUT2D eigenvalue weighted by Crippen LogP contribution is -2.27. The van der Waals surface area contributed by atoms with Crippen molar-refractivity contribution in [1.29, 1.82) is 0 Å². The van der Waals surface area contributed by atoms with Crippen LogP contribution in [0.15, 0.2) is 12.1 Å². The Morgan fingerprint density at radius 1 is 1.03 bits per heavy atom. The van der Waals surface area contributed by atoms with Crippen molar-refractivity contribution in [3.05, 3.63) is 28.8 Å². The van der Waals surface area contributed by atoms with E-state index in [-0.39, 0.29) is 35.2 Å². The molecule has 2 atom stereocenters. The summed E-state index contributed by atoms with van der Waals surface area (Å²) in [5.41, 5.74) is 2.60. The van der Waals surface area contributed by atoms with Gasteiger partial charge < -0.3 is 19.1 Å². The van der Waals surface area contributed by atoms with Crippen LogP contribution in [0.5, 0.6) is 5.75 Å². The van der Waals surface area contributed by atoms with E-state index in [4.69, 9.17) is 14.0 Å². The van der Waals surface area contributed by atoms with Crippen LogP contribution in [-0.2, 0) is 24.5 Å². The topological polar surface area (TPSA) is 76.0 Å². The standard InChI is InChI=1S/C25H40O5S/c1-24(2,3)20-15-17(16-21(22(20)27)25(4,5)6)18-9-7-8-10-19(18)23(28)30-31-14-13-29-12-11-26/h15-16,18-19,26-27H,7-14H2,1-6H3. The highest BCUT2D eigenvalue weighted by molar-refractivity contribution is 7.95. The van der Waals surface area contributed by atoms with Crippen molar-refractivity contribution in [3.8, 4) is 5.75 Å². The number of aromatic hydroxyl groups is 1. The number of phenols is 1. The molecule has 0 saturated heterocycles. The highest BCUT2D eigenvalue weighted by Crippen LogP contribution is 2.45. The van der Waals surface area contributed by atoms with Crippen LogP contribution in [0.4, 0.5) is 0 Å². The van der Waals surface area contributed by atoms with Gasteiger partial charge in [0.05, 0.1) is 43.5 Å². The summed E-state index contributed by atoms with van der Waals surface area (Å²) in [7, 11) is 0. The van der Waals surface area contributed by atoms with Crippen molar-refractivity contribution in [1.82, 2.24) is 0 Å². The lowest BCUT2D eigenvalue weighted by atomic mass is 9.71. The zero-order valence-corrected chi connectivity index (χ0v) is 20.8. The van der Waals surface area contributed by atoms with Crippen molar-refractivity contribution >= 4 is 18.0 Å². The van der Waals surface area contributed by atoms with Gasteiger partial charge in [0.15, 0.2) is 0 Å². The summed E-state index contributed by atoms with van der Waals surface area (Å²) < 4.78 is 10.7. The molecule has 1 aromatic rings. The van der Waals surface area contributed by atoms with Gasteiger partial charge in [0.25, 0.3) is 0 Å². The molecule has 0 aliphatic heterocycles. The van der Waals surface area contributed by atoms with Crippen molar-refractivity contribution in [3.63, 3.8) is 0 Å². The SMILES string of the molecule is CC(C)(C)c1cc(C2CCCCC2C(=O)OSCCOCCO)cc(C(C)(C)C)c1O. The Hall–Kier alpha value is -1.24. The highest BCUT2D eigenvalue weighted by Gasteiger charge is 2.36. The minimum absolute atomic E-state index is 0.00601. The van der Waals surface area contributed by atoms with E-state index >= 15 is 0 Å². The quantitative estimate of drug-likeness (QED) is 0.403. The van der Waals surface area contributed by atoms with Crippen LogP contribution in [0, 0.1) is 5.92 Å². The molecule has 1 fully saturated rings. The molecule has 5 nitrogen and oxygen atoms in total. The monoisotopic (exact) mass is 452 g/mol. The largest absolute Gasteiger partial charge is 0.507 e. The summed E-state index contributed by atoms with van der Waals surface area (Å²) in [4.78, 5) is 12.9. The fourth-order valence-corrected chi connectivity index (χ4v) is 4.76. The molecule has 0 amide bonds. The summed E-state index contributed by atoms with van der Waals surface area (Å²) in [5, 5.41) is 19.8. The molecule has 1 aromatic carbocycles. The predicted molar refractivity (Wildman–Crippen MR) is 127 cm³/mol. The third kappa shape index (κ3) is 7.13. The van der Waals surface area contributed by atoms with E-state index in [0.717, 1.165) is 54.4 Å². The Morgan fingerprint density at radius 3 is 2.16 bits per heavy atom. The van der Waals surface area contributed by atoms with E-state index in [2.05, 4.69) is 53.7 Å². The average Bonchev–Trinajstić information content (AvgIpc) is 2.69. The van der Waals surface area contributed by atoms with Crippen LogP contribution in [0.2, 0.25) is 0 Å². The third-order valence-corrected chi connectivity index (χ3v) is 6.55. The van der Waals surface area contributed by atoms with Crippen LogP contribution in [0.1, 0.15) is 89.8 Å². The van der Waals surface area contributed by atoms with Gasteiger partial charge in [-0.25, -0.2) is 0 Å². The van der Waals surface area contributed by atoms with Gasteiger partial charge in [-0.1, -0.05) is 66.5 Å². The molecule has 0 bridgehead atoms. The van der Waals surface area contributed by atoms with E-state index in [1.807, 2.05) is 0 Å². The van der Waals surface area contributed by atoms with E-state index in [1.165, 1.54) is 0 Å². The van der Waals surface area contributed by atoms with Crippen molar-refractivity contribution in [2.24, 2.45) is 5.92 Å². The van der Waals surface area contributed by atoms with Crippen LogP contribution in [0.25, 0.3) is 0 Å².